The van der Waals surface area contributed by atoms with E-state index in [4.69, 9.17) is 9.72 Å². The zero-order chi connectivity index (χ0) is 22.8. The first-order valence-corrected chi connectivity index (χ1v) is 10.7. The number of ether oxygens (including phenoxy) is 1. The van der Waals surface area contributed by atoms with Gasteiger partial charge < -0.3 is 20.1 Å². The van der Waals surface area contributed by atoms with Gasteiger partial charge in [-0.15, -0.1) is 0 Å². The Hall–Kier alpha value is -3.61. The highest BCUT2D eigenvalue weighted by molar-refractivity contribution is 6.08. The van der Waals surface area contributed by atoms with Crippen LogP contribution in [0, 0.1) is 11.8 Å². The number of carboxylic acid groups (broad SMARTS) is 1. The molecule has 1 fully saturated rings. The number of nitrogens with one attached hydrogen (secondary N) is 1. The Balaban J connectivity index is 1.65. The summed E-state index contributed by atoms with van der Waals surface area (Å²) in [6.07, 6.45) is 1.16. The van der Waals surface area contributed by atoms with Crippen molar-refractivity contribution in [3.63, 3.8) is 0 Å². The van der Waals surface area contributed by atoms with E-state index in [-0.39, 0.29) is 11.5 Å². The molecule has 2 heterocycles. The highest BCUT2D eigenvalue weighted by atomic mass is 16.5. The molecule has 0 saturated carbocycles. The van der Waals surface area contributed by atoms with Gasteiger partial charge in [0.05, 0.1) is 18.2 Å². The van der Waals surface area contributed by atoms with E-state index in [1.807, 2.05) is 0 Å². The zero-order valence-electron chi connectivity index (χ0n) is 18.5. The van der Waals surface area contributed by atoms with E-state index in [0.717, 1.165) is 19.5 Å². The van der Waals surface area contributed by atoms with Crippen molar-refractivity contribution in [2.45, 2.75) is 20.3 Å². The molecule has 166 valence electrons. The van der Waals surface area contributed by atoms with Gasteiger partial charge in [0.15, 0.2) is 0 Å². The average Bonchev–Trinajstić information content (AvgIpc) is 2.77. The average molecular weight is 434 g/mol. The van der Waals surface area contributed by atoms with Crippen LogP contribution in [0.2, 0.25) is 0 Å². The van der Waals surface area contributed by atoms with Gasteiger partial charge in [-0.3, -0.25) is 4.79 Å². The molecule has 0 bridgehead atoms. The number of methoxy groups -OCH3 is 1. The molecule has 1 aromatic heterocycles. The molecule has 2 aromatic carbocycles. The molecule has 3 aromatic rings. The fourth-order valence-corrected chi connectivity index (χ4v) is 4.42. The third kappa shape index (κ3) is 4.51. The monoisotopic (exact) mass is 433 g/mol. The maximum atomic E-state index is 12.6. The molecule has 32 heavy (non-hydrogen) atoms. The molecule has 1 aliphatic rings. The second-order valence-electron chi connectivity index (χ2n) is 8.60. The standard InChI is InChI=1S/C25H27N3O4/c1-15-10-16(2)14-28(13-15)23-12-21(25(30)31)20-11-18(6-9-22(20)27-23)26-24(29)17-4-7-19(32-3)8-5-17/h4-9,11-12,15-16H,10,13-14H2,1-3H3,(H,26,29)(H,30,31). The lowest BCUT2D eigenvalue weighted by atomic mass is 9.92. The number of carboxylic acids is 1. The summed E-state index contributed by atoms with van der Waals surface area (Å²) in [6.45, 7) is 6.13. The van der Waals surface area contributed by atoms with Crippen molar-refractivity contribution < 1.29 is 19.4 Å². The van der Waals surface area contributed by atoms with Crippen LogP contribution >= 0.6 is 0 Å². The number of aromatic carboxylic acids is 1. The van der Waals surface area contributed by atoms with Gasteiger partial charge in [-0.25, -0.2) is 9.78 Å². The van der Waals surface area contributed by atoms with E-state index in [1.54, 1.807) is 55.6 Å². The molecule has 2 unspecified atom stereocenters. The Bertz CT molecular complexity index is 1150. The highest BCUT2D eigenvalue weighted by Gasteiger charge is 2.24. The molecule has 4 rings (SSSR count). The van der Waals surface area contributed by atoms with E-state index < -0.39 is 5.97 Å². The van der Waals surface area contributed by atoms with E-state index in [1.165, 1.54) is 0 Å². The molecular weight excluding hydrogens is 406 g/mol. The minimum atomic E-state index is -1.02. The number of amides is 1. The Kier molecular flexibility index (Phi) is 5.99. The fraction of sp³-hybridized carbons (Fsp3) is 0.320. The number of aromatic nitrogens is 1. The topological polar surface area (TPSA) is 91.8 Å². The minimum absolute atomic E-state index is 0.177. The molecule has 2 atom stereocenters. The van der Waals surface area contributed by atoms with Gasteiger partial charge in [0.1, 0.15) is 11.6 Å². The summed E-state index contributed by atoms with van der Waals surface area (Å²) < 4.78 is 5.12. The van der Waals surface area contributed by atoms with Crippen molar-refractivity contribution in [2.24, 2.45) is 11.8 Å². The van der Waals surface area contributed by atoms with E-state index in [2.05, 4.69) is 24.1 Å². The molecule has 2 N–H and O–H groups in total. The van der Waals surface area contributed by atoms with Crippen LogP contribution in [-0.2, 0) is 0 Å². The Labute approximate surface area is 187 Å². The van der Waals surface area contributed by atoms with Crippen molar-refractivity contribution in [2.75, 3.05) is 30.4 Å². The first-order valence-electron chi connectivity index (χ1n) is 10.7. The third-order valence-corrected chi connectivity index (χ3v) is 5.83. The number of carbonyl (C=O) groups is 2. The lowest BCUT2D eigenvalue weighted by Crippen LogP contribution is -2.39. The number of anilines is 2. The van der Waals surface area contributed by atoms with Crippen LogP contribution in [0.15, 0.2) is 48.5 Å². The molecule has 0 spiro atoms. The molecule has 0 radical (unpaired) electrons. The van der Waals surface area contributed by atoms with Crippen molar-refractivity contribution in [1.82, 2.24) is 4.98 Å². The maximum absolute atomic E-state index is 12.6. The normalized spacial score (nSPS) is 18.4. The minimum Gasteiger partial charge on any atom is -0.497 e. The van der Waals surface area contributed by atoms with Gasteiger partial charge in [-0.1, -0.05) is 13.8 Å². The van der Waals surface area contributed by atoms with Crippen LogP contribution in [-0.4, -0.2) is 42.2 Å². The quantitative estimate of drug-likeness (QED) is 0.607. The summed E-state index contributed by atoms with van der Waals surface area (Å²) >= 11 is 0. The first kappa shape index (κ1) is 21.6. The number of nitrogens with zero attached hydrogens (tertiary/aromatic N) is 2. The first-order chi connectivity index (χ1) is 15.3. The lowest BCUT2D eigenvalue weighted by molar-refractivity contribution is 0.0698. The zero-order valence-corrected chi connectivity index (χ0v) is 18.5. The van der Waals surface area contributed by atoms with E-state index in [0.29, 0.717) is 45.6 Å². The van der Waals surface area contributed by atoms with Crippen molar-refractivity contribution >= 4 is 34.3 Å². The largest absolute Gasteiger partial charge is 0.497 e. The SMILES string of the molecule is COc1ccc(C(=O)Nc2ccc3nc(N4CC(C)CC(C)C4)cc(C(=O)O)c3c2)cc1. The van der Waals surface area contributed by atoms with E-state index >= 15 is 0 Å². The van der Waals surface area contributed by atoms with E-state index in [9.17, 15) is 14.7 Å². The smallest absolute Gasteiger partial charge is 0.336 e. The number of hydrogen-bond donors (Lipinski definition) is 2. The van der Waals surface area contributed by atoms with Crippen LogP contribution in [0.1, 0.15) is 41.0 Å². The predicted molar refractivity (Wildman–Crippen MR) is 125 cm³/mol. The number of piperidine rings is 1. The molecule has 0 aliphatic carbocycles. The van der Waals surface area contributed by atoms with Crippen LogP contribution in [0.25, 0.3) is 10.9 Å². The summed E-state index contributed by atoms with van der Waals surface area (Å²) in [6, 6.07) is 13.6. The van der Waals surface area contributed by atoms with Crippen LogP contribution in [0.4, 0.5) is 11.5 Å². The number of rotatable bonds is 5. The van der Waals surface area contributed by atoms with Crippen molar-refractivity contribution in [3.8, 4) is 5.75 Å². The van der Waals surface area contributed by atoms with Gasteiger partial charge >= 0.3 is 5.97 Å². The van der Waals surface area contributed by atoms with Crippen molar-refractivity contribution in [3.05, 3.63) is 59.7 Å². The molecular formula is C25H27N3O4. The van der Waals surface area contributed by atoms with Gasteiger partial charge in [0, 0.05) is 29.7 Å². The van der Waals surface area contributed by atoms with Crippen LogP contribution in [0.5, 0.6) is 5.75 Å². The molecule has 7 heteroatoms. The van der Waals surface area contributed by atoms with Gasteiger partial charge in [-0.2, -0.15) is 0 Å². The number of fused-ring (bicyclic) bond motifs is 1. The molecule has 1 aliphatic heterocycles. The molecule has 1 saturated heterocycles. The number of hydrogen-bond acceptors (Lipinski definition) is 5. The highest BCUT2D eigenvalue weighted by Crippen LogP contribution is 2.30. The molecule has 7 nitrogen and oxygen atoms in total. The van der Waals surface area contributed by atoms with Crippen molar-refractivity contribution in [1.29, 1.82) is 0 Å². The summed E-state index contributed by atoms with van der Waals surface area (Å²) in [5.74, 6) is 1.10. The van der Waals surface area contributed by atoms with Gasteiger partial charge in [0.2, 0.25) is 0 Å². The van der Waals surface area contributed by atoms with Crippen LogP contribution in [0.3, 0.4) is 0 Å². The predicted octanol–water partition coefficient (Wildman–Crippen LogP) is 4.68. The Morgan fingerprint density at radius 3 is 2.38 bits per heavy atom. The molecule has 1 amide bonds. The Morgan fingerprint density at radius 1 is 1.06 bits per heavy atom. The summed E-state index contributed by atoms with van der Waals surface area (Å²) in [4.78, 5) is 31.6. The van der Waals surface area contributed by atoms with Gasteiger partial charge in [0.25, 0.3) is 5.91 Å². The van der Waals surface area contributed by atoms with Gasteiger partial charge in [-0.05, 0) is 66.8 Å². The second kappa shape index (κ2) is 8.86. The lowest BCUT2D eigenvalue weighted by Gasteiger charge is -2.36. The fourth-order valence-electron chi connectivity index (χ4n) is 4.42. The summed E-state index contributed by atoms with van der Waals surface area (Å²) in [7, 11) is 1.57. The maximum Gasteiger partial charge on any atom is 0.336 e. The number of benzene rings is 2. The summed E-state index contributed by atoms with van der Waals surface area (Å²) in [5.41, 5.74) is 1.76. The number of carbonyl (C=O) groups excluding carboxylic acids is 1. The third-order valence-electron chi connectivity index (χ3n) is 5.83. The summed E-state index contributed by atoms with van der Waals surface area (Å²) in [5, 5.41) is 13.2. The Morgan fingerprint density at radius 2 is 1.75 bits per heavy atom. The number of pyridine rings is 1. The van der Waals surface area contributed by atoms with Crippen LogP contribution < -0.4 is 15.0 Å². The second-order valence-corrected chi connectivity index (χ2v) is 8.60.